The topological polar surface area (TPSA) is 74.3 Å². The summed E-state index contributed by atoms with van der Waals surface area (Å²) in [5.74, 6) is -2.62. The summed E-state index contributed by atoms with van der Waals surface area (Å²) in [5.41, 5.74) is -1.05. The highest BCUT2D eigenvalue weighted by atomic mass is 19.4. The number of pyridine rings is 1. The van der Waals surface area contributed by atoms with Gasteiger partial charge in [0, 0.05) is 37.0 Å². The molecule has 2 N–H and O–H groups in total. The molecule has 3 rings (SSSR count). The summed E-state index contributed by atoms with van der Waals surface area (Å²) < 4.78 is 64.2. The summed E-state index contributed by atoms with van der Waals surface area (Å²) in [6, 6.07) is 4.47. The SMILES string of the molecule is O=C(CNC(=O)c1cc(F)cc(F)c1)NC1CCN(c2ccc(C(F)(F)F)cn2)CC1. The van der Waals surface area contributed by atoms with Crippen LogP contribution in [0, 0.1) is 11.6 Å². The number of rotatable bonds is 5. The van der Waals surface area contributed by atoms with Gasteiger partial charge in [-0.2, -0.15) is 13.2 Å². The molecule has 1 aromatic heterocycles. The van der Waals surface area contributed by atoms with Crippen molar-refractivity contribution in [1.82, 2.24) is 15.6 Å². The predicted molar refractivity (Wildman–Crippen MR) is 101 cm³/mol. The van der Waals surface area contributed by atoms with E-state index in [4.69, 9.17) is 0 Å². The lowest BCUT2D eigenvalue weighted by molar-refractivity contribution is -0.137. The number of halogens is 5. The van der Waals surface area contributed by atoms with Gasteiger partial charge in [0.25, 0.3) is 5.91 Å². The zero-order valence-electron chi connectivity index (χ0n) is 16.2. The van der Waals surface area contributed by atoms with E-state index in [-0.39, 0.29) is 18.2 Å². The number of hydrogen-bond donors (Lipinski definition) is 2. The van der Waals surface area contributed by atoms with Gasteiger partial charge in [-0.15, -0.1) is 0 Å². The van der Waals surface area contributed by atoms with Gasteiger partial charge in [-0.1, -0.05) is 0 Å². The summed E-state index contributed by atoms with van der Waals surface area (Å²) in [5, 5.41) is 5.05. The summed E-state index contributed by atoms with van der Waals surface area (Å²) >= 11 is 0. The molecule has 0 saturated carbocycles. The molecule has 1 aromatic carbocycles. The Labute approximate surface area is 174 Å². The van der Waals surface area contributed by atoms with Crippen molar-refractivity contribution in [3.63, 3.8) is 0 Å². The molecule has 1 aliphatic heterocycles. The largest absolute Gasteiger partial charge is 0.417 e. The first-order chi connectivity index (χ1) is 14.6. The lowest BCUT2D eigenvalue weighted by atomic mass is 10.0. The van der Waals surface area contributed by atoms with Gasteiger partial charge in [0.2, 0.25) is 5.91 Å². The molecule has 0 bridgehead atoms. The van der Waals surface area contributed by atoms with Gasteiger partial charge in [-0.05, 0) is 37.1 Å². The molecule has 31 heavy (non-hydrogen) atoms. The van der Waals surface area contributed by atoms with Crippen LogP contribution in [0.5, 0.6) is 0 Å². The Morgan fingerprint density at radius 3 is 2.26 bits per heavy atom. The monoisotopic (exact) mass is 442 g/mol. The minimum Gasteiger partial charge on any atom is -0.356 e. The molecule has 1 saturated heterocycles. The second kappa shape index (κ2) is 9.27. The summed E-state index contributed by atoms with van der Waals surface area (Å²) in [7, 11) is 0. The number of amides is 2. The molecule has 0 unspecified atom stereocenters. The third-order valence-corrected chi connectivity index (χ3v) is 4.79. The third kappa shape index (κ3) is 6.12. The summed E-state index contributed by atoms with van der Waals surface area (Å²) in [6.07, 6.45) is -2.58. The molecule has 2 heterocycles. The maximum Gasteiger partial charge on any atom is 0.417 e. The van der Waals surface area contributed by atoms with Gasteiger partial charge in [-0.3, -0.25) is 9.59 Å². The summed E-state index contributed by atoms with van der Waals surface area (Å²) in [6.45, 7) is 0.605. The van der Waals surface area contributed by atoms with E-state index in [2.05, 4.69) is 15.6 Å². The fourth-order valence-corrected chi connectivity index (χ4v) is 3.22. The van der Waals surface area contributed by atoms with Gasteiger partial charge in [0.15, 0.2) is 0 Å². The molecule has 6 nitrogen and oxygen atoms in total. The molecule has 166 valence electrons. The van der Waals surface area contributed by atoms with Crippen molar-refractivity contribution in [2.75, 3.05) is 24.5 Å². The predicted octanol–water partition coefficient (Wildman–Crippen LogP) is 2.89. The molecular formula is C20H19F5N4O2. The fourth-order valence-electron chi connectivity index (χ4n) is 3.22. The van der Waals surface area contributed by atoms with Crippen LogP contribution >= 0.6 is 0 Å². The minimum atomic E-state index is -4.44. The number of carbonyl (C=O) groups excluding carboxylic acids is 2. The van der Waals surface area contributed by atoms with E-state index in [1.807, 2.05) is 4.90 Å². The maximum atomic E-state index is 13.2. The highest BCUT2D eigenvalue weighted by Gasteiger charge is 2.31. The zero-order chi connectivity index (χ0) is 22.6. The number of nitrogens with one attached hydrogen (secondary N) is 2. The van der Waals surface area contributed by atoms with E-state index >= 15 is 0 Å². The Kier molecular flexibility index (Phi) is 6.71. The molecule has 11 heteroatoms. The standard InChI is InChI=1S/C20H19F5N4O2/c21-14-7-12(8-15(22)9-14)19(31)27-11-18(30)28-16-3-5-29(6-4-16)17-2-1-13(10-26-17)20(23,24)25/h1-2,7-10,16H,3-6,11H2,(H,27,31)(H,28,30). The van der Waals surface area contributed by atoms with Crippen LogP contribution in [0.3, 0.4) is 0 Å². The Hall–Kier alpha value is -3.24. The van der Waals surface area contributed by atoms with Gasteiger partial charge in [-0.25, -0.2) is 13.8 Å². The first kappa shape index (κ1) is 22.4. The maximum absolute atomic E-state index is 13.2. The average Bonchev–Trinajstić information content (AvgIpc) is 2.71. The number of nitrogens with zero attached hydrogens (tertiary/aromatic N) is 2. The first-order valence-corrected chi connectivity index (χ1v) is 9.43. The molecular weight excluding hydrogens is 423 g/mol. The number of hydrogen-bond acceptors (Lipinski definition) is 4. The Morgan fingerprint density at radius 2 is 1.71 bits per heavy atom. The molecule has 0 atom stereocenters. The van der Waals surface area contributed by atoms with Crippen LogP contribution in [0.2, 0.25) is 0 Å². The van der Waals surface area contributed by atoms with E-state index in [1.165, 1.54) is 6.07 Å². The number of benzene rings is 1. The van der Waals surface area contributed by atoms with Crippen molar-refractivity contribution in [3.05, 3.63) is 59.3 Å². The second-order valence-corrected chi connectivity index (χ2v) is 7.07. The van der Waals surface area contributed by atoms with Crippen LogP contribution in [-0.4, -0.2) is 42.5 Å². The molecule has 2 aromatic rings. The second-order valence-electron chi connectivity index (χ2n) is 7.07. The van der Waals surface area contributed by atoms with E-state index in [0.29, 0.717) is 37.8 Å². The van der Waals surface area contributed by atoms with Crippen LogP contribution in [0.4, 0.5) is 27.8 Å². The normalized spacial score (nSPS) is 14.9. The molecule has 1 fully saturated rings. The van der Waals surface area contributed by atoms with Gasteiger partial charge < -0.3 is 15.5 Å². The van der Waals surface area contributed by atoms with Crippen LogP contribution in [0.25, 0.3) is 0 Å². The Bertz CT molecular complexity index is 921. The van der Waals surface area contributed by atoms with Crippen LogP contribution in [0.15, 0.2) is 36.5 Å². The van der Waals surface area contributed by atoms with E-state index in [0.717, 1.165) is 24.4 Å². The lowest BCUT2D eigenvalue weighted by Gasteiger charge is -2.33. The highest BCUT2D eigenvalue weighted by molar-refractivity contribution is 5.96. The van der Waals surface area contributed by atoms with Gasteiger partial charge in [0.05, 0.1) is 12.1 Å². The average molecular weight is 442 g/mol. The summed E-state index contributed by atoms with van der Waals surface area (Å²) in [4.78, 5) is 29.7. The van der Waals surface area contributed by atoms with Crippen LogP contribution < -0.4 is 15.5 Å². The smallest absolute Gasteiger partial charge is 0.356 e. The Balaban J connectivity index is 1.44. The minimum absolute atomic E-state index is 0.179. The number of alkyl halides is 3. The van der Waals surface area contributed by atoms with Crippen LogP contribution in [0.1, 0.15) is 28.8 Å². The lowest BCUT2D eigenvalue weighted by Crippen LogP contribution is -2.47. The molecule has 0 spiro atoms. The number of aromatic nitrogens is 1. The van der Waals surface area contributed by atoms with Crippen molar-refractivity contribution < 1.29 is 31.5 Å². The van der Waals surface area contributed by atoms with Gasteiger partial charge >= 0.3 is 6.18 Å². The van der Waals surface area contributed by atoms with E-state index in [1.54, 1.807) is 0 Å². The quantitative estimate of drug-likeness (QED) is 0.699. The third-order valence-electron chi connectivity index (χ3n) is 4.79. The first-order valence-electron chi connectivity index (χ1n) is 9.43. The van der Waals surface area contributed by atoms with Crippen molar-refractivity contribution >= 4 is 17.6 Å². The number of carbonyl (C=O) groups is 2. The number of anilines is 1. The zero-order valence-corrected chi connectivity index (χ0v) is 16.2. The van der Waals surface area contributed by atoms with Crippen molar-refractivity contribution in [1.29, 1.82) is 0 Å². The molecule has 0 aliphatic carbocycles. The molecule has 1 aliphatic rings. The molecule has 0 radical (unpaired) electrons. The van der Waals surface area contributed by atoms with Crippen molar-refractivity contribution in [2.24, 2.45) is 0 Å². The Morgan fingerprint density at radius 1 is 1.06 bits per heavy atom. The van der Waals surface area contributed by atoms with Crippen molar-refractivity contribution in [3.8, 4) is 0 Å². The van der Waals surface area contributed by atoms with Gasteiger partial charge in [0.1, 0.15) is 17.5 Å². The molecule has 2 amide bonds. The number of piperidine rings is 1. The van der Waals surface area contributed by atoms with Crippen molar-refractivity contribution in [2.45, 2.75) is 25.1 Å². The van der Waals surface area contributed by atoms with E-state index < -0.39 is 35.2 Å². The fraction of sp³-hybridized carbons (Fsp3) is 0.350. The highest BCUT2D eigenvalue weighted by Crippen LogP contribution is 2.29. The van der Waals surface area contributed by atoms with E-state index in [9.17, 15) is 31.5 Å². The van der Waals surface area contributed by atoms with Crippen LogP contribution in [-0.2, 0) is 11.0 Å².